The van der Waals surface area contributed by atoms with Gasteiger partial charge in [-0.2, -0.15) is 11.3 Å². The van der Waals surface area contributed by atoms with Crippen LogP contribution in [0.2, 0.25) is 0 Å². The number of thiophene rings is 1. The molecule has 3 fully saturated rings. The lowest BCUT2D eigenvalue weighted by Gasteiger charge is -2.32. The number of likely N-dealkylation sites (tertiary alicyclic amines) is 1. The highest BCUT2D eigenvalue weighted by Gasteiger charge is 2.58. The molecule has 0 bridgehead atoms. The molecular weight excluding hydrogens is 384 g/mol. The molecular formula is C22H26N4O2S. The Balaban J connectivity index is 1.16. The average molecular weight is 411 g/mol. The van der Waals surface area contributed by atoms with Crippen LogP contribution in [-0.4, -0.2) is 43.0 Å². The van der Waals surface area contributed by atoms with E-state index in [-0.39, 0.29) is 23.3 Å². The summed E-state index contributed by atoms with van der Waals surface area (Å²) in [4.78, 5) is 29.0. The summed E-state index contributed by atoms with van der Waals surface area (Å²) in [6.45, 7) is 4.47. The maximum absolute atomic E-state index is 12.9. The minimum absolute atomic E-state index is 0.0798. The lowest BCUT2D eigenvalue weighted by molar-refractivity contribution is -0.118. The van der Waals surface area contributed by atoms with Crippen molar-refractivity contribution in [1.82, 2.24) is 10.2 Å². The zero-order valence-corrected chi connectivity index (χ0v) is 17.2. The molecule has 3 heterocycles. The summed E-state index contributed by atoms with van der Waals surface area (Å²) >= 11 is 1.75. The number of amides is 3. The van der Waals surface area contributed by atoms with Gasteiger partial charge in [-0.3, -0.25) is 14.6 Å². The van der Waals surface area contributed by atoms with E-state index in [9.17, 15) is 9.59 Å². The lowest BCUT2D eigenvalue weighted by atomic mass is 9.90. The zero-order valence-electron chi connectivity index (χ0n) is 16.4. The van der Waals surface area contributed by atoms with Crippen molar-refractivity contribution < 1.29 is 9.59 Å². The van der Waals surface area contributed by atoms with Gasteiger partial charge in [-0.05, 0) is 78.4 Å². The highest BCUT2D eigenvalue weighted by atomic mass is 32.1. The number of hydrogen-bond acceptors (Lipinski definition) is 4. The summed E-state index contributed by atoms with van der Waals surface area (Å²) in [5.74, 6) is 0.240. The third-order valence-corrected chi connectivity index (χ3v) is 7.36. The monoisotopic (exact) mass is 410 g/mol. The van der Waals surface area contributed by atoms with Crippen LogP contribution in [0, 0.1) is 11.3 Å². The number of piperidine rings is 1. The maximum Gasteiger partial charge on any atom is 0.321 e. The number of nitrogens with zero attached hydrogens (tertiary/aromatic N) is 2. The normalized spacial score (nSPS) is 23.2. The fourth-order valence-corrected chi connectivity index (χ4v) is 5.43. The molecule has 1 aromatic heterocycles. The molecule has 152 valence electrons. The SMILES string of the molecule is O=C(Nc1cccc(N2CCNC2=O)c1)C1CC12CCN(Cc1ccsc1)CC2. The fraction of sp³-hybridized carbons (Fsp3) is 0.455. The molecule has 2 saturated heterocycles. The van der Waals surface area contributed by atoms with E-state index in [4.69, 9.17) is 0 Å². The van der Waals surface area contributed by atoms with Crippen molar-refractivity contribution in [2.75, 3.05) is 36.4 Å². The third kappa shape index (κ3) is 3.76. The van der Waals surface area contributed by atoms with Gasteiger partial charge < -0.3 is 10.6 Å². The van der Waals surface area contributed by atoms with Crippen LogP contribution in [0.25, 0.3) is 0 Å². The molecule has 29 heavy (non-hydrogen) atoms. The van der Waals surface area contributed by atoms with Gasteiger partial charge in [-0.15, -0.1) is 0 Å². The molecule has 5 rings (SSSR count). The number of anilines is 2. The number of carbonyl (C=O) groups excluding carboxylic acids is 2. The lowest BCUT2D eigenvalue weighted by Crippen LogP contribution is -2.35. The average Bonchev–Trinajstić information content (AvgIpc) is 3.05. The predicted molar refractivity (Wildman–Crippen MR) is 115 cm³/mol. The molecule has 1 aliphatic carbocycles. The fourth-order valence-electron chi connectivity index (χ4n) is 4.77. The van der Waals surface area contributed by atoms with E-state index in [0.29, 0.717) is 13.1 Å². The molecule has 1 aromatic carbocycles. The molecule has 2 aromatic rings. The molecule has 7 heteroatoms. The summed E-state index contributed by atoms with van der Waals surface area (Å²) < 4.78 is 0. The smallest absolute Gasteiger partial charge is 0.321 e. The molecule has 1 saturated carbocycles. The van der Waals surface area contributed by atoms with Crippen LogP contribution < -0.4 is 15.5 Å². The Morgan fingerprint density at radius 1 is 1.24 bits per heavy atom. The summed E-state index contributed by atoms with van der Waals surface area (Å²) in [7, 11) is 0. The highest BCUT2D eigenvalue weighted by Crippen LogP contribution is 2.59. The second-order valence-corrected chi connectivity index (χ2v) is 9.23. The summed E-state index contributed by atoms with van der Waals surface area (Å²) in [6.07, 6.45) is 3.20. The third-order valence-electron chi connectivity index (χ3n) is 6.63. The van der Waals surface area contributed by atoms with Crippen molar-refractivity contribution >= 4 is 34.6 Å². The van der Waals surface area contributed by atoms with Gasteiger partial charge in [0.15, 0.2) is 0 Å². The van der Waals surface area contributed by atoms with Gasteiger partial charge in [0.05, 0.1) is 0 Å². The molecule has 6 nitrogen and oxygen atoms in total. The van der Waals surface area contributed by atoms with E-state index in [1.54, 1.807) is 16.2 Å². The molecule has 0 radical (unpaired) electrons. The van der Waals surface area contributed by atoms with Crippen LogP contribution >= 0.6 is 11.3 Å². The molecule has 3 amide bonds. The van der Waals surface area contributed by atoms with E-state index in [1.807, 2.05) is 24.3 Å². The van der Waals surface area contributed by atoms with Crippen LogP contribution in [0.4, 0.5) is 16.2 Å². The Labute approximate surface area is 174 Å². The Kier molecular flexibility index (Phi) is 4.80. The van der Waals surface area contributed by atoms with Crippen LogP contribution in [0.3, 0.4) is 0 Å². The van der Waals surface area contributed by atoms with Crippen molar-refractivity contribution in [3.05, 3.63) is 46.7 Å². The Morgan fingerprint density at radius 3 is 2.83 bits per heavy atom. The Morgan fingerprint density at radius 2 is 2.10 bits per heavy atom. The van der Waals surface area contributed by atoms with Crippen molar-refractivity contribution in [1.29, 1.82) is 0 Å². The minimum Gasteiger partial charge on any atom is -0.336 e. The van der Waals surface area contributed by atoms with Gasteiger partial charge in [0.25, 0.3) is 0 Å². The summed E-state index contributed by atoms with van der Waals surface area (Å²) in [6, 6.07) is 9.70. The number of urea groups is 1. The number of nitrogens with one attached hydrogen (secondary N) is 2. The molecule has 2 aliphatic heterocycles. The Bertz CT molecular complexity index is 905. The van der Waals surface area contributed by atoms with Crippen molar-refractivity contribution in [3.8, 4) is 0 Å². The quantitative estimate of drug-likeness (QED) is 0.793. The van der Waals surface area contributed by atoms with Gasteiger partial charge in [-0.1, -0.05) is 6.07 Å². The van der Waals surface area contributed by atoms with Crippen LogP contribution in [-0.2, 0) is 11.3 Å². The van der Waals surface area contributed by atoms with Crippen molar-refractivity contribution in [3.63, 3.8) is 0 Å². The first-order chi connectivity index (χ1) is 14.1. The van der Waals surface area contributed by atoms with E-state index >= 15 is 0 Å². The van der Waals surface area contributed by atoms with E-state index in [2.05, 4.69) is 32.4 Å². The van der Waals surface area contributed by atoms with E-state index < -0.39 is 0 Å². The zero-order chi connectivity index (χ0) is 19.8. The van der Waals surface area contributed by atoms with E-state index in [1.165, 1.54) is 5.56 Å². The first kappa shape index (κ1) is 18.6. The number of hydrogen-bond donors (Lipinski definition) is 2. The first-order valence-corrected chi connectivity index (χ1v) is 11.3. The van der Waals surface area contributed by atoms with E-state index in [0.717, 1.165) is 50.3 Å². The largest absolute Gasteiger partial charge is 0.336 e. The van der Waals surface area contributed by atoms with Gasteiger partial charge in [0, 0.05) is 36.9 Å². The van der Waals surface area contributed by atoms with Crippen molar-refractivity contribution in [2.45, 2.75) is 25.8 Å². The second-order valence-electron chi connectivity index (χ2n) is 8.45. The number of carbonyl (C=O) groups is 2. The second kappa shape index (κ2) is 7.46. The standard InChI is InChI=1S/C22H26N4O2S/c27-20(24-17-2-1-3-18(12-17)26-10-7-23-21(26)28)19-13-22(19)5-8-25(9-6-22)14-16-4-11-29-15-16/h1-4,11-12,15,19H,5-10,13-14H2,(H,23,28)(H,24,27). The van der Waals surface area contributed by atoms with Crippen LogP contribution in [0.1, 0.15) is 24.8 Å². The molecule has 1 atom stereocenters. The number of rotatable bonds is 5. The van der Waals surface area contributed by atoms with Gasteiger partial charge in [-0.25, -0.2) is 4.79 Å². The molecule has 3 aliphatic rings. The molecule has 1 unspecified atom stereocenters. The van der Waals surface area contributed by atoms with Gasteiger partial charge in [0.2, 0.25) is 5.91 Å². The Hall–Kier alpha value is -2.38. The van der Waals surface area contributed by atoms with Gasteiger partial charge >= 0.3 is 6.03 Å². The summed E-state index contributed by atoms with van der Waals surface area (Å²) in [5.41, 5.74) is 3.18. The minimum atomic E-state index is -0.0798. The van der Waals surface area contributed by atoms with Gasteiger partial charge in [0.1, 0.15) is 0 Å². The number of benzene rings is 1. The highest BCUT2D eigenvalue weighted by molar-refractivity contribution is 7.07. The van der Waals surface area contributed by atoms with Crippen LogP contribution in [0.5, 0.6) is 0 Å². The predicted octanol–water partition coefficient (Wildman–Crippen LogP) is 3.52. The van der Waals surface area contributed by atoms with Crippen molar-refractivity contribution in [2.24, 2.45) is 11.3 Å². The molecule has 2 N–H and O–H groups in total. The van der Waals surface area contributed by atoms with Crippen LogP contribution in [0.15, 0.2) is 41.1 Å². The summed E-state index contributed by atoms with van der Waals surface area (Å²) in [5, 5.41) is 10.3. The maximum atomic E-state index is 12.9. The topological polar surface area (TPSA) is 64.7 Å². The molecule has 1 spiro atoms. The first-order valence-electron chi connectivity index (χ1n) is 10.3.